The van der Waals surface area contributed by atoms with E-state index < -0.39 is 11.6 Å². The number of hydrogen-bond donors (Lipinski definition) is 3. The normalized spacial score (nSPS) is 17.5. The van der Waals surface area contributed by atoms with Gasteiger partial charge in [-0.05, 0) is 46.1 Å². The van der Waals surface area contributed by atoms with Gasteiger partial charge in [0.2, 0.25) is 5.91 Å². The monoisotopic (exact) mass is 432 g/mol. The molecule has 0 spiro atoms. The molecular weight excluding hydrogens is 400 g/mol. The number of rotatable bonds is 8. The summed E-state index contributed by atoms with van der Waals surface area (Å²) >= 11 is 0. The lowest BCUT2D eigenvalue weighted by Crippen LogP contribution is -2.29. The van der Waals surface area contributed by atoms with Crippen LogP contribution < -0.4 is 10.6 Å². The van der Waals surface area contributed by atoms with Crippen LogP contribution in [0.15, 0.2) is 12.3 Å². The largest absolute Gasteiger partial charge is 0.464 e. The second-order valence-corrected chi connectivity index (χ2v) is 8.80. The molecular formula is C22H32N4O5. The van der Waals surface area contributed by atoms with E-state index in [2.05, 4.69) is 15.6 Å². The zero-order chi connectivity index (χ0) is 22.8. The topological polar surface area (TPSA) is 115 Å². The maximum Gasteiger partial charge on any atom is 0.356 e. The van der Waals surface area contributed by atoms with Crippen LogP contribution in [-0.2, 0) is 20.8 Å². The number of carbonyl (C=O) groups is 2. The molecule has 31 heavy (non-hydrogen) atoms. The molecule has 170 valence electrons. The summed E-state index contributed by atoms with van der Waals surface area (Å²) in [6.45, 7) is 8.02. The highest BCUT2D eigenvalue weighted by atomic mass is 16.5. The minimum Gasteiger partial charge on any atom is -0.464 e. The number of aromatic nitrogens is 2. The highest BCUT2D eigenvalue weighted by molar-refractivity contribution is 6.10. The highest BCUT2D eigenvalue weighted by Gasteiger charge is 2.28. The van der Waals surface area contributed by atoms with Crippen molar-refractivity contribution in [1.29, 1.82) is 0 Å². The SMILES string of the molecule is COC(=O)c1c(NC(C)=O)c2cc(N[C@H](C)CC(C)(C)O)cnc2n1C[C@H]1CCCO1. The number of aliphatic hydroxyl groups is 1. The predicted molar refractivity (Wildman–Crippen MR) is 118 cm³/mol. The smallest absolute Gasteiger partial charge is 0.356 e. The quantitative estimate of drug-likeness (QED) is 0.550. The summed E-state index contributed by atoms with van der Waals surface area (Å²) in [6, 6.07) is 1.84. The van der Waals surface area contributed by atoms with Gasteiger partial charge in [0.25, 0.3) is 0 Å². The van der Waals surface area contributed by atoms with E-state index in [0.29, 0.717) is 36.3 Å². The third-order valence-corrected chi connectivity index (χ3v) is 5.21. The number of nitrogens with zero attached hydrogens (tertiary/aromatic N) is 2. The first-order chi connectivity index (χ1) is 14.6. The Morgan fingerprint density at radius 1 is 1.45 bits per heavy atom. The van der Waals surface area contributed by atoms with Crippen LogP contribution >= 0.6 is 0 Å². The summed E-state index contributed by atoms with van der Waals surface area (Å²) in [7, 11) is 1.31. The molecule has 1 saturated heterocycles. The average molecular weight is 433 g/mol. The third kappa shape index (κ3) is 5.54. The average Bonchev–Trinajstić information content (AvgIpc) is 3.26. The Balaban J connectivity index is 2.08. The molecule has 1 aliphatic rings. The van der Waals surface area contributed by atoms with Gasteiger partial charge in [-0.15, -0.1) is 0 Å². The Morgan fingerprint density at radius 2 is 2.19 bits per heavy atom. The minimum absolute atomic E-state index is 0.0162. The van der Waals surface area contributed by atoms with E-state index in [1.165, 1.54) is 14.0 Å². The Labute approximate surface area is 182 Å². The Morgan fingerprint density at radius 3 is 2.77 bits per heavy atom. The fraction of sp³-hybridized carbons (Fsp3) is 0.591. The second kappa shape index (κ2) is 9.23. The molecule has 0 bridgehead atoms. The summed E-state index contributed by atoms with van der Waals surface area (Å²) in [4.78, 5) is 29.2. The zero-order valence-electron chi connectivity index (χ0n) is 18.8. The number of esters is 1. The van der Waals surface area contributed by atoms with E-state index in [9.17, 15) is 14.7 Å². The van der Waals surface area contributed by atoms with E-state index in [1.54, 1.807) is 24.6 Å². The van der Waals surface area contributed by atoms with Crippen molar-refractivity contribution in [3.05, 3.63) is 18.0 Å². The number of fused-ring (bicyclic) bond motifs is 1. The highest BCUT2D eigenvalue weighted by Crippen LogP contribution is 2.34. The Bertz CT molecular complexity index is 957. The van der Waals surface area contributed by atoms with E-state index >= 15 is 0 Å². The third-order valence-electron chi connectivity index (χ3n) is 5.21. The van der Waals surface area contributed by atoms with E-state index in [4.69, 9.17) is 9.47 Å². The van der Waals surface area contributed by atoms with Gasteiger partial charge in [0.15, 0.2) is 5.69 Å². The first-order valence-electron chi connectivity index (χ1n) is 10.6. The lowest BCUT2D eigenvalue weighted by Gasteiger charge is -2.23. The van der Waals surface area contributed by atoms with Crippen LogP contribution in [0, 0.1) is 0 Å². The number of hydrogen-bond acceptors (Lipinski definition) is 7. The van der Waals surface area contributed by atoms with Crippen molar-refractivity contribution in [2.24, 2.45) is 0 Å². The molecule has 2 atom stereocenters. The van der Waals surface area contributed by atoms with Gasteiger partial charge in [-0.2, -0.15) is 0 Å². The first kappa shape index (κ1) is 23.0. The molecule has 1 amide bonds. The van der Waals surface area contributed by atoms with Gasteiger partial charge in [-0.3, -0.25) is 4.79 Å². The van der Waals surface area contributed by atoms with Gasteiger partial charge in [0, 0.05) is 25.0 Å². The van der Waals surface area contributed by atoms with Crippen molar-refractivity contribution in [3.63, 3.8) is 0 Å². The number of methoxy groups -OCH3 is 1. The standard InChI is InChI=1S/C22H32N4O5/c1-13(10-22(3,4)29)24-15-9-17-18(25-14(2)27)19(21(28)30-5)26(20(17)23-11-15)12-16-7-6-8-31-16/h9,11,13,16,24,29H,6-8,10,12H2,1-5H3,(H,25,27)/t13-,16-/m1/s1. The molecule has 0 unspecified atom stereocenters. The van der Waals surface area contributed by atoms with Crippen molar-refractivity contribution in [1.82, 2.24) is 9.55 Å². The fourth-order valence-electron chi connectivity index (χ4n) is 4.17. The molecule has 3 heterocycles. The summed E-state index contributed by atoms with van der Waals surface area (Å²) in [5.41, 5.74) is 1.10. The lowest BCUT2D eigenvalue weighted by atomic mass is 10.0. The number of anilines is 2. The molecule has 3 N–H and O–H groups in total. The maximum absolute atomic E-state index is 12.7. The van der Waals surface area contributed by atoms with Gasteiger partial charge < -0.3 is 29.8 Å². The van der Waals surface area contributed by atoms with Crippen LogP contribution in [0.25, 0.3) is 11.0 Å². The summed E-state index contributed by atoms with van der Waals surface area (Å²) in [5.74, 6) is -0.847. The number of nitrogens with one attached hydrogen (secondary N) is 2. The summed E-state index contributed by atoms with van der Waals surface area (Å²) in [5, 5.41) is 16.8. The van der Waals surface area contributed by atoms with Crippen molar-refractivity contribution < 1.29 is 24.2 Å². The molecule has 9 heteroatoms. The van der Waals surface area contributed by atoms with E-state index in [-0.39, 0.29) is 23.7 Å². The fourth-order valence-corrected chi connectivity index (χ4v) is 4.17. The predicted octanol–water partition coefficient (Wildman–Crippen LogP) is 2.92. The molecule has 2 aromatic rings. The Hall–Kier alpha value is -2.65. The van der Waals surface area contributed by atoms with Crippen LogP contribution in [0.5, 0.6) is 0 Å². The summed E-state index contributed by atoms with van der Waals surface area (Å²) < 4.78 is 12.6. The lowest BCUT2D eigenvalue weighted by molar-refractivity contribution is -0.114. The van der Waals surface area contributed by atoms with Crippen LogP contribution in [0.3, 0.4) is 0 Å². The Kier molecular flexibility index (Phi) is 6.86. The maximum atomic E-state index is 12.7. The van der Waals surface area contributed by atoms with Gasteiger partial charge in [0.05, 0.1) is 42.9 Å². The molecule has 0 radical (unpaired) electrons. The zero-order valence-corrected chi connectivity index (χ0v) is 18.8. The molecule has 1 fully saturated rings. The molecule has 0 aliphatic carbocycles. The second-order valence-electron chi connectivity index (χ2n) is 8.80. The van der Waals surface area contributed by atoms with Gasteiger partial charge >= 0.3 is 5.97 Å². The number of amides is 1. The number of ether oxygens (including phenoxy) is 2. The summed E-state index contributed by atoms with van der Waals surface area (Å²) in [6.07, 6.45) is 4.06. The van der Waals surface area contributed by atoms with Crippen molar-refractivity contribution >= 4 is 34.3 Å². The van der Waals surface area contributed by atoms with Crippen molar-refractivity contribution in [3.8, 4) is 0 Å². The minimum atomic E-state index is -0.812. The van der Waals surface area contributed by atoms with Gasteiger partial charge in [-0.25, -0.2) is 9.78 Å². The van der Waals surface area contributed by atoms with Crippen LogP contribution in [-0.4, -0.2) is 58.0 Å². The van der Waals surface area contributed by atoms with E-state index in [1.807, 2.05) is 13.0 Å². The van der Waals surface area contributed by atoms with Crippen LogP contribution in [0.4, 0.5) is 11.4 Å². The van der Waals surface area contributed by atoms with Crippen molar-refractivity contribution in [2.45, 2.75) is 71.2 Å². The molecule has 2 aromatic heterocycles. The van der Waals surface area contributed by atoms with Crippen molar-refractivity contribution in [2.75, 3.05) is 24.4 Å². The molecule has 9 nitrogen and oxygen atoms in total. The van der Waals surface area contributed by atoms with Gasteiger partial charge in [0.1, 0.15) is 5.65 Å². The van der Waals surface area contributed by atoms with Crippen LogP contribution in [0.2, 0.25) is 0 Å². The van der Waals surface area contributed by atoms with E-state index in [0.717, 1.165) is 18.5 Å². The molecule has 1 aliphatic heterocycles. The molecule has 0 saturated carbocycles. The number of pyridine rings is 1. The molecule has 3 rings (SSSR count). The molecule has 0 aromatic carbocycles. The number of carbonyl (C=O) groups excluding carboxylic acids is 2. The van der Waals surface area contributed by atoms with Crippen LogP contribution in [0.1, 0.15) is 57.4 Å². The first-order valence-corrected chi connectivity index (χ1v) is 10.6. The van der Waals surface area contributed by atoms with Gasteiger partial charge in [-0.1, -0.05) is 0 Å².